The van der Waals surface area contributed by atoms with Crippen LogP contribution < -0.4 is 10.9 Å². The van der Waals surface area contributed by atoms with Crippen molar-refractivity contribution >= 4 is 35.3 Å². The summed E-state index contributed by atoms with van der Waals surface area (Å²) in [7, 11) is 0. The topological polar surface area (TPSA) is 64.0 Å². The number of hydrogen-bond donors (Lipinski definition) is 1. The van der Waals surface area contributed by atoms with E-state index in [0.717, 1.165) is 16.5 Å². The van der Waals surface area contributed by atoms with Crippen molar-refractivity contribution in [2.45, 2.75) is 18.4 Å². The SMILES string of the molecule is Cc1ccc(Cn2c(=O)c(C(=O)Nc3ccccc3[S-])cc3cccnc32)cc1. The Morgan fingerprint density at radius 3 is 2.59 bits per heavy atom. The van der Waals surface area contributed by atoms with E-state index in [4.69, 9.17) is 12.6 Å². The molecule has 1 amide bonds. The van der Waals surface area contributed by atoms with E-state index in [1.807, 2.05) is 37.3 Å². The number of hydrogen-bond acceptors (Lipinski definition) is 4. The van der Waals surface area contributed by atoms with Crippen LogP contribution >= 0.6 is 0 Å². The molecule has 4 aromatic rings. The lowest BCUT2D eigenvalue weighted by Gasteiger charge is -2.16. The van der Waals surface area contributed by atoms with E-state index in [9.17, 15) is 9.59 Å². The summed E-state index contributed by atoms with van der Waals surface area (Å²) < 4.78 is 1.54. The van der Waals surface area contributed by atoms with Crippen LogP contribution in [-0.2, 0) is 19.2 Å². The largest absolute Gasteiger partial charge is 0.778 e. The monoisotopic (exact) mass is 400 g/mol. The molecule has 2 heterocycles. The number of fused-ring (bicyclic) bond motifs is 1. The number of pyridine rings is 2. The van der Waals surface area contributed by atoms with Crippen molar-refractivity contribution in [3.63, 3.8) is 0 Å². The second kappa shape index (κ2) is 7.85. The van der Waals surface area contributed by atoms with Crippen LogP contribution in [0.25, 0.3) is 11.0 Å². The highest BCUT2D eigenvalue weighted by atomic mass is 32.1. The quantitative estimate of drug-likeness (QED) is 0.528. The van der Waals surface area contributed by atoms with Gasteiger partial charge in [-0.3, -0.25) is 14.2 Å². The predicted molar refractivity (Wildman–Crippen MR) is 116 cm³/mol. The Bertz CT molecular complexity index is 1260. The number of aromatic nitrogens is 2. The lowest BCUT2D eigenvalue weighted by atomic mass is 10.1. The molecule has 0 bridgehead atoms. The van der Waals surface area contributed by atoms with Crippen molar-refractivity contribution < 1.29 is 4.79 Å². The highest BCUT2D eigenvalue weighted by molar-refractivity contribution is 7.59. The molecule has 2 aromatic carbocycles. The van der Waals surface area contributed by atoms with Gasteiger partial charge >= 0.3 is 0 Å². The van der Waals surface area contributed by atoms with Gasteiger partial charge in [0.1, 0.15) is 11.2 Å². The van der Waals surface area contributed by atoms with Crippen LogP contribution in [0.1, 0.15) is 21.5 Å². The van der Waals surface area contributed by atoms with Gasteiger partial charge in [-0.05, 0) is 36.8 Å². The number of carbonyl (C=O) groups is 1. The molecule has 0 saturated heterocycles. The van der Waals surface area contributed by atoms with Gasteiger partial charge in [-0.15, -0.1) is 0 Å². The van der Waals surface area contributed by atoms with Crippen molar-refractivity contribution in [3.05, 3.63) is 100.0 Å². The molecule has 0 aliphatic rings. The highest BCUT2D eigenvalue weighted by Crippen LogP contribution is 2.17. The van der Waals surface area contributed by atoms with Gasteiger partial charge in [-0.25, -0.2) is 4.98 Å². The molecule has 0 aliphatic heterocycles. The summed E-state index contributed by atoms with van der Waals surface area (Å²) in [6.45, 7) is 2.33. The van der Waals surface area contributed by atoms with Gasteiger partial charge in [0, 0.05) is 17.3 Å². The van der Waals surface area contributed by atoms with Crippen molar-refractivity contribution in [1.29, 1.82) is 0 Å². The van der Waals surface area contributed by atoms with E-state index in [-0.39, 0.29) is 5.56 Å². The zero-order chi connectivity index (χ0) is 20.4. The average Bonchev–Trinajstić information content (AvgIpc) is 2.73. The lowest BCUT2D eigenvalue weighted by molar-refractivity contribution is 0.102. The minimum atomic E-state index is -0.490. The van der Waals surface area contributed by atoms with E-state index in [2.05, 4.69) is 10.3 Å². The molecule has 144 valence electrons. The van der Waals surface area contributed by atoms with Gasteiger partial charge < -0.3 is 17.9 Å². The van der Waals surface area contributed by atoms with Crippen LogP contribution in [-0.4, -0.2) is 15.5 Å². The normalized spacial score (nSPS) is 10.8. The van der Waals surface area contributed by atoms with Crippen molar-refractivity contribution in [2.24, 2.45) is 0 Å². The number of para-hydroxylation sites is 1. The third-order valence-electron chi connectivity index (χ3n) is 4.69. The second-order valence-electron chi connectivity index (χ2n) is 6.80. The van der Waals surface area contributed by atoms with Crippen LogP contribution in [0.2, 0.25) is 0 Å². The zero-order valence-electron chi connectivity index (χ0n) is 15.8. The Hall–Kier alpha value is -3.51. The zero-order valence-corrected chi connectivity index (χ0v) is 16.6. The number of carbonyl (C=O) groups excluding carboxylic acids is 1. The number of benzene rings is 2. The maximum absolute atomic E-state index is 13.2. The van der Waals surface area contributed by atoms with Crippen molar-refractivity contribution in [3.8, 4) is 0 Å². The maximum atomic E-state index is 13.2. The number of anilines is 1. The summed E-state index contributed by atoms with van der Waals surface area (Å²) in [6, 6.07) is 20.2. The molecule has 2 aromatic heterocycles. The molecule has 1 N–H and O–H groups in total. The Morgan fingerprint density at radius 2 is 1.83 bits per heavy atom. The van der Waals surface area contributed by atoms with Gasteiger partial charge in [0.25, 0.3) is 11.5 Å². The number of amides is 1. The Kier molecular flexibility index (Phi) is 5.10. The van der Waals surface area contributed by atoms with Gasteiger partial charge in [-0.2, -0.15) is 4.90 Å². The van der Waals surface area contributed by atoms with Gasteiger partial charge in [-0.1, -0.05) is 48.0 Å². The van der Waals surface area contributed by atoms with Crippen LogP contribution in [0.4, 0.5) is 5.69 Å². The first kappa shape index (κ1) is 18.8. The summed E-state index contributed by atoms with van der Waals surface area (Å²) in [4.78, 5) is 31.0. The smallest absolute Gasteiger partial charge is 0.265 e. The molecule has 0 saturated carbocycles. The summed E-state index contributed by atoms with van der Waals surface area (Å²) in [6.07, 6.45) is 1.64. The first-order valence-corrected chi connectivity index (χ1v) is 9.55. The number of nitrogens with one attached hydrogen (secondary N) is 1. The van der Waals surface area contributed by atoms with E-state index < -0.39 is 11.5 Å². The fourth-order valence-electron chi connectivity index (χ4n) is 3.15. The van der Waals surface area contributed by atoms with Crippen LogP contribution in [0.5, 0.6) is 0 Å². The number of rotatable bonds is 4. The standard InChI is InChI=1S/C23H19N3O2S/c1-15-8-10-16(11-9-15)14-26-21-17(5-4-12-24-21)13-18(23(26)28)22(27)25-19-6-2-3-7-20(19)29/h2-13,29H,14H2,1H3,(H,25,27)/p-1. The Balaban J connectivity index is 1.80. The summed E-state index contributed by atoms with van der Waals surface area (Å²) in [5.41, 5.74) is 2.80. The minimum Gasteiger partial charge on any atom is -0.778 e. The van der Waals surface area contributed by atoms with E-state index in [1.165, 1.54) is 4.57 Å². The lowest BCUT2D eigenvalue weighted by Crippen LogP contribution is -2.30. The molecular formula is C23H18N3O2S-. The molecule has 6 heteroatoms. The second-order valence-corrected chi connectivity index (χ2v) is 7.24. The van der Waals surface area contributed by atoms with Crippen LogP contribution in [0.3, 0.4) is 0 Å². The first-order chi connectivity index (χ1) is 14.0. The minimum absolute atomic E-state index is 0.0517. The molecule has 0 radical (unpaired) electrons. The summed E-state index contributed by atoms with van der Waals surface area (Å²) in [5.74, 6) is -0.490. The molecule has 0 aliphatic carbocycles. The fraction of sp³-hybridized carbons (Fsp3) is 0.0870. The average molecular weight is 400 g/mol. The van der Waals surface area contributed by atoms with Crippen LogP contribution in [0.15, 0.2) is 82.6 Å². The van der Waals surface area contributed by atoms with E-state index in [0.29, 0.717) is 22.8 Å². The molecule has 4 rings (SSSR count). The number of nitrogens with zero attached hydrogens (tertiary/aromatic N) is 2. The molecule has 0 unspecified atom stereocenters. The van der Waals surface area contributed by atoms with Gasteiger partial charge in [0.05, 0.1) is 6.54 Å². The molecule has 0 fully saturated rings. The number of aryl methyl sites for hydroxylation is 1. The third-order valence-corrected chi connectivity index (χ3v) is 5.05. The van der Waals surface area contributed by atoms with Gasteiger partial charge in [0.2, 0.25) is 0 Å². The molecule has 0 atom stereocenters. The molecule has 29 heavy (non-hydrogen) atoms. The summed E-state index contributed by atoms with van der Waals surface area (Å²) in [5, 5.41) is 3.47. The third kappa shape index (κ3) is 3.88. The Labute approximate surface area is 173 Å². The molecular weight excluding hydrogens is 382 g/mol. The maximum Gasteiger partial charge on any atom is 0.265 e. The van der Waals surface area contributed by atoms with E-state index in [1.54, 1.807) is 42.6 Å². The van der Waals surface area contributed by atoms with Crippen molar-refractivity contribution in [2.75, 3.05) is 5.32 Å². The Morgan fingerprint density at radius 1 is 1.07 bits per heavy atom. The predicted octanol–water partition coefficient (Wildman–Crippen LogP) is 3.91. The first-order valence-electron chi connectivity index (χ1n) is 9.14. The van der Waals surface area contributed by atoms with Gasteiger partial charge in [0.15, 0.2) is 0 Å². The van der Waals surface area contributed by atoms with E-state index >= 15 is 0 Å². The highest BCUT2D eigenvalue weighted by Gasteiger charge is 2.17. The summed E-state index contributed by atoms with van der Waals surface area (Å²) >= 11 is 5.25. The van der Waals surface area contributed by atoms with Crippen LogP contribution in [0, 0.1) is 6.92 Å². The van der Waals surface area contributed by atoms with Crippen molar-refractivity contribution in [1.82, 2.24) is 9.55 Å². The fourth-order valence-corrected chi connectivity index (χ4v) is 3.35. The molecule has 0 spiro atoms. The molecule has 5 nitrogen and oxygen atoms in total.